The van der Waals surface area contributed by atoms with E-state index in [2.05, 4.69) is 130 Å². The third kappa shape index (κ3) is 60.8. The van der Waals surface area contributed by atoms with Gasteiger partial charge in [0.25, 0.3) is 0 Å². The molecule has 0 aromatic rings. The fourth-order valence-electron chi connectivity index (χ4n) is 8.64. The van der Waals surface area contributed by atoms with Gasteiger partial charge in [0.05, 0.1) is 0 Å². The Kier molecular flexibility index (Phi) is 59.3. The van der Waals surface area contributed by atoms with Crippen LogP contribution in [0.5, 0.6) is 0 Å². The van der Waals surface area contributed by atoms with Gasteiger partial charge in [-0.3, -0.25) is 14.4 Å². The fourth-order valence-corrected chi connectivity index (χ4v) is 8.64. The lowest BCUT2D eigenvalue weighted by atomic mass is 10.0. The molecule has 6 nitrogen and oxygen atoms in total. The topological polar surface area (TPSA) is 78.9 Å². The van der Waals surface area contributed by atoms with E-state index < -0.39 is 6.10 Å². The van der Waals surface area contributed by atoms with Gasteiger partial charge in [-0.05, 0) is 103 Å². The lowest BCUT2D eigenvalue weighted by Crippen LogP contribution is -2.30. The average Bonchev–Trinajstić information content (AvgIpc) is 3.41. The van der Waals surface area contributed by atoms with Gasteiger partial charge >= 0.3 is 17.9 Å². The first kappa shape index (κ1) is 71.1. The molecule has 6 heteroatoms. The van der Waals surface area contributed by atoms with Crippen molar-refractivity contribution in [2.24, 2.45) is 0 Å². The summed E-state index contributed by atoms with van der Waals surface area (Å²) in [4.78, 5) is 38.1. The maximum absolute atomic E-state index is 12.9. The predicted octanol–water partition coefficient (Wildman–Crippen LogP) is 21.4. The van der Waals surface area contributed by atoms with Crippen LogP contribution in [0, 0.1) is 0 Å². The molecule has 0 aromatic heterocycles. The molecule has 0 saturated carbocycles. The molecule has 0 spiro atoms. The van der Waals surface area contributed by atoms with Gasteiger partial charge in [-0.25, -0.2) is 0 Å². The van der Waals surface area contributed by atoms with E-state index in [1.54, 1.807) is 0 Å². The SMILES string of the molecule is CC/C=C\C/C=C\C/C=C\C/C=C\C/C=C\CCCCCCCCCC(=O)OC(COC(=O)CCCCCCCCC)COC(=O)CCCCCCCCCCCCCCCC/C=C\C/C=C\C/C=C\C/C=C\CC. The molecule has 75 heavy (non-hydrogen) atoms. The lowest BCUT2D eigenvalue weighted by molar-refractivity contribution is -0.167. The zero-order chi connectivity index (χ0) is 54.3. The minimum atomic E-state index is -0.783. The Morgan fingerprint density at radius 3 is 0.813 bits per heavy atom. The summed E-state index contributed by atoms with van der Waals surface area (Å²) in [5.74, 6) is -0.894. The van der Waals surface area contributed by atoms with Crippen LogP contribution in [0.1, 0.15) is 290 Å². The number of unbranched alkanes of at least 4 members (excludes halogenated alkanes) is 27. The second-order valence-electron chi connectivity index (χ2n) is 20.6. The molecule has 0 rings (SSSR count). The minimum absolute atomic E-state index is 0.0816. The Morgan fingerprint density at radius 1 is 0.280 bits per heavy atom. The van der Waals surface area contributed by atoms with Gasteiger partial charge in [-0.1, -0.05) is 278 Å². The monoisotopic (exact) mass is 1040 g/mol. The Labute approximate surface area is 463 Å². The normalized spacial score (nSPS) is 12.8. The third-order valence-corrected chi connectivity index (χ3v) is 13.3. The first-order valence-electron chi connectivity index (χ1n) is 31.4. The van der Waals surface area contributed by atoms with E-state index in [0.717, 1.165) is 122 Å². The van der Waals surface area contributed by atoms with Crippen molar-refractivity contribution >= 4 is 17.9 Å². The van der Waals surface area contributed by atoms with Crippen molar-refractivity contribution in [1.29, 1.82) is 0 Å². The van der Waals surface area contributed by atoms with Crippen molar-refractivity contribution in [3.05, 3.63) is 109 Å². The van der Waals surface area contributed by atoms with Crippen LogP contribution in [0.25, 0.3) is 0 Å². The number of allylic oxidation sites excluding steroid dienone is 18. The van der Waals surface area contributed by atoms with E-state index in [0.29, 0.717) is 19.3 Å². The van der Waals surface area contributed by atoms with E-state index in [-0.39, 0.29) is 31.1 Å². The highest BCUT2D eigenvalue weighted by molar-refractivity contribution is 5.71. The molecule has 428 valence electrons. The van der Waals surface area contributed by atoms with Crippen molar-refractivity contribution in [2.75, 3.05) is 13.2 Å². The summed E-state index contributed by atoms with van der Waals surface area (Å²) in [5.41, 5.74) is 0. The molecule has 0 aromatic carbocycles. The van der Waals surface area contributed by atoms with Gasteiger partial charge in [0.2, 0.25) is 0 Å². The number of carbonyl (C=O) groups excluding carboxylic acids is 3. The molecule has 1 atom stereocenters. The smallest absolute Gasteiger partial charge is 0.306 e. The van der Waals surface area contributed by atoms with E-state index in [9.17, 15) is 14.4 Å². The zero-order valence-corrected chi connectivity index (χ0v) is 49.0. The molecule has 0 N–H and O–H groups in total. The van der Waals surface area contributed by atoms with Gasteiger partial charge in [0, 0.05) is 19.3 Å². The summed E-state index contributed by atoms with van der Waals surface area (Å²) < 4.78 is 16.8. The molecule has 0 heterocycles. The predicted molar refractivity (Wildman–Crippen MR) is 325 cm³/mol. The van der Waals surface area contributed by atoms with Crippen LogP contribution >= 0.6 is 0 Å². The Hall–Kier alpha value is -3.93. The Morgan fingerprint density at radius 2 is 0.520 bits per heavy atom. The highest BCUT2D eigenvalue weighted by Gasteiger charge is 2.19. The summed E-state index contributed by atoms with van der Waals surface area (Å²) in [6, 6.07) is 0. The molecule has 0 aliphatic rings. The van der Waals surface area contributed by atoms with Crippen LogP contribution in [0.3, 0.4) is 0 Å². The number of carbonyl (C=O) groups is 3. The maximum atomic E-state index is 12.9. The van der Waals surface area contributed by atoms with Gasteiger partial charge in [-0.15, -0.1) is 0 Å². The summed E-state index contributed by atoms with van der Waals surface area (Å²) in [6.45, 7) is 6.38. The van der Waals surface area contributed by atoms with Gasteiger partial charge in [-0.2, -0.15) is 0 Å². The van der Waals surface area contributed by atoms with Crippen molar-refractivity contribution in [1.82, 2.24) is 0 Å². The van der Waals surface area contributed by atoms with Crippen molar-refractivity contribution in [3.63, 3.8) is 0 Å². The summed E-state index contributed by atoms with van der Waals surface area (Å²) in [6.07, 6.45) is 85.4. The summed E-state index contributed by atoms with van der Waals surface area (Å²) in [5, 5.41) is 0. The van der Waals surface area contributed by atoms with Crippen LogP contribution < -0.4 is 0 Å². The average molecular weight is 1040 g/mol. The van der Waals surface area contributed by atoms with Crippen LogP contribution in [-0.2, 0) is 28.6 Å². The second-order valence-corrected chi connectivity index (χ2v) is 20.6. The largest absolute Gasteiger partial charge is 0.462 e. The standard InChI is InChI=1S/C69H116O6/c1-4-7-10-13-16-18-20-22-24-26-28-30-32-33-34-35-37-38-40-42-44-46-48-50-53-56-59-62-68(71)74-65-66(64-73-67(70)61-58-55-52-15-12-9-6-3)75-69(72)63-60-57-54-51-49-47-45-43-41-39-36-31-29-27-25-23-21-19-17-14-11-8-5-2/h7-8,10-11,16-19,22-25,28-31,39,41,66H,4-6,9,12-15,20-21,26-27,32-38,40,42-65H2,1-3H3/b10-7-,11-8-,18-16-,19-17-,24-22-,25-23-,30-28-,31-29-,41-39-. The van der Waals surface area contributed by atoms with Crippen LogP contribution in [0.15, 0.2) is 109 Å². The fraction of sp³-hybridized carbons (Fsp3) is 0.696. The number of hydrogen-bond acceptors (Lipinski definition) is 6. The highest BCUT2D eigenvalue weighted by atomic mass is 16.6. The molecular weight excluding hydrogens is 925 g/mol. The molecule has 0 radical (unpaired) electrons. The Bertz CT molecular complexity index is 1520. The van der Waals surface area contributed by atoms with Crippen molar-refractivity contribution < 1.29 is 28.6 Å². The zero-order valence-electron chi connectivity index (χ0n) is 49.0. The first-order chi connectivity index (χ1) is 37.0. The molecule has 0 aliphatic carbocycles. The van der Waals surface area contributed by atoms with Crippen molar-refractivity contribution in [2.45, 2.75) is 297 Å². The highest BCUT2D eigenvalue weighted by Crippen LogP contribution is 2.16. The molecule has 0 fully saturated rings. The quantitative estimate of drug-likeness (QED) is 0.0261. The summed E-state index contributed by atoms with van der Waals surface area (Å²) in [7, 11) is 0. The van der Waals surface area contributed by atoms with Crippen LogP contribution in [0.4, 0.5) is 0 Å². The van der Waals surface area contributed by atoms with E-state index in [1.165, 1.54) is 128 Å². The number of rotatable bonds is 56. The summed E-state index contributed by atoms with van der Waals surface area (Å²) >= 11 is 0. The van der Waals surface area contributed by atoms with E-state index >= 15 is 0 Å². The number of esters is 3. The van der Waals surface area contributed by atoms with Gasteiger partial charge in [0.1, 0.15) is 13.2 Å². The molecule has 0 bridgehead atoms. The molecule has 0 amide bonds. The Balaban J connectivity index is 4.16. The van der Waals surface area contributed by atoms with Crippen LogP contribution in [0.2, 0.25) is 0 Å². The molecule has 0 aliphatic heterocycles. The second kappa shape index (κ2) is 62.6. The van der Waals surface area contributed by atoms with Gasteiger partial charge < -0.3 is 14.2 Å². The lowest BCUT2D eigenvalue weighted by Gasteiger charge is -2.18. The molecule has 1 unspecified atom stereocenters. The van der Waals surface area contributed by atoms with Crippen molar-refractivity contribution in [3.8, 4) is 0 Å². The van der Waals surface area contributed by atoms with E-state index in [1.807, 2.05) is 0 Å². The number of hydrogen-bond donors (Lipinski definition) is 0. The maximum Gasteiger partial charge on any atom is 0.306 e. The molecule has 0 saturated heterocycles. The minimum Gasteiger partial charge on any atom is -0.462 e. The van der Waals surface area contributed by atoms with Crippen LogP contribution in [-0.4, -0.2) is 37.2 Å². The van der Waals surface area contributed by atoms with E-state index in [4.69, 9.17) is 14.2 Å². The third-order valence-electron chi connectivity index (χ3n) is 13.3. The molecular formula is C69H116O6. The van der Waals surface area contributed by atoms with Gasteiger partial charge in [0.15, 0.2) is 6.10 Å². The number of ether oxygens (including phenoxy) is 3. The first-order valence-corrected chi connectivity index (χ1v) is 31.4.